The van der Waals surface area contributed by atoms with Crippen molar-refractivity contribution >= 4 is 39.5 Å². The quantitative estimate of drug-likeness (QED) is 0.836. The van der Waals surface area contributed by atoms with E-state index in [4.69, 9.17) is 5.73 Å². The highest BCUT2D eigenvalue weighted by Crippen LogP contribution is 2.31. The number of nitrogens with two attached hydrogens (primary N) is 1. The van der Waals surface area contributed by atoms with Crippen LogP contribution in [-0.2, 0) is 0 Å². The van der Waals surface area contributed by atoms with E-state index >= 15 is 0 Å². The van der Waals surface area contributed by atoms with E-state index in [2.05, 4.69) is 38.1 Å². The number of hydrogen-bond donors (Lipinski definition) is 2. The van der Waals surface area contributed by atoms with Crippen molar-refractivity contribution in [3.63, 3.8) is 0 Å². The van der Waals surface area contributed by atoms with Crippen LogP contribution in [0.5, 0.6) is 0 Å². The Labute approximate surface area is 114 Å². The molecule has 1 aromatic rings. The van der Waals surface area contributed by atoms with Crippen LogP contribution in [-0.4, -0.2) is 27.0 Å². The van der Waals surface area contributed by atoms with Gasteiger partial charge in [0.2, 0.25) is 5.95 Å². The van der Waals surface area contributed by atoms with Crippen LogP contribution in [0.1, 0.15) is 26.2 Å². The van der Waals surface area contributed by atoms with Crippen LogP contribution < -0.4 is 11.1 Å². The Balaban J connectivity index is 1.93. The molecular formula is C11H17BrN4S. The molecule has 4 nitrogen and oxygen atoms in total. The normalized spacial score (nSPS) is 23.9. The number of thioether (sulfide) groups is 1. The van der Waals surface area contributed by atoms with Gasteiger partial charge in [-0.15, -0.1) is 0 Å². The molecule has 1 aliphatic rings. The predicted octanol–water partition coefficient (Wildman–Crippen LogP) is 2.91. The van der Waals surface area contributed by atoms with Crippen LogP contribution in [0, 0.1) is 0 Å². The SMILES string of the molecule is CCSC1CCC(Nc2nc(N)cc(Br)n2)C1. The maximum absolute atomic E-state index is 5.68. The van der Waals surface area contributed by atoms with Gasteiger partial charge in [0.25, 0.3) is 0 Å². The standard InChI is InChI=1S/C11H17BrN4S/c1-2-17-8-4-3-7(5-8)14-11-15-9(12)6-10(13)16-11/h6-8H,2-5H2,1H3,(H3,13,14,15,16). The number of rotatable bonds is 4. The summed E-state index contributed by atoms with van der Waals surface area (Å²) >= 11 is 5.37. The zero-order valence-corrected chi connectivity index (χ0v) is 12.2. The van der Waals surface area contributed by atoms with E-state index in [1.54, 1.807) is 6.07 Å². The average Bonchev–Trinajstić information content (AvgIpc) is 2.64. The maximum Gasteiger partial charge on any atom is 0.225 e. The van der Waals surface area contributed by atoms with Crippen LogP contribution in [0.25, 0.3) is 0 Å². The number of halogens is 1. The first-order valence-electron chi connectivity index (χ1n) is 5.85. The third-order valence-corrected chi connectivity index (χ3v) is 4.47. The summed E-state index contributed by atoms with van der Waals surface area (Å²) in [5.41, 5.74) is 5.68. The summed E-state index contributed by atoms with van der Waals surface area (Å²) in [6.45, 7) is 2.21. The first-order valence-corrected chi connectivity index (χ1v) is 7.69. The van der Waals surface area contributed by atoms with Gasteiger partial charge in [-0.2, -0.15) is 16.7 Å². The molecule has 94 valence electrons. The molecule has 1 saturated carbocycles. The average molecular weight is 317 g/mol. The third-order valence-electron chi connectivity index (χ3n) is 2.83. The fraction of sp³-hybridized carbons (Fsp3) is 0.636. The second kappa shape index (κ2) is 5.91. The van der Waals surface area contributed by atoms with Gasteiger partial charge in [-0.3, -0.25) is 0 Å². The predicted molar refractivity (Wildman–Crippen MR) is 77.3 cm³/mol. The molecule has 2 atom stereocenters. The first kappa shape index (κ1) is 13.0. The van der Waals surface area contributed by atoms with Crippen molar-refractivity contribution < 1.29 is 0 Å². The lowest BCUT2D eigenvalue weighted by Crippen LogP contribution is -2.18. The topological polar surface area (TPSA) is 63.8 Å². The fourth-order valence-electron chi connectivity index (χ4n) is 2.14. The third kappa shape index (κ3) is 3.74. The number of hydrogen-bond acceptors (Lipinski definition) is 5. The lowest BCUT2D eigenvalue weighted by Gasteiger charge is -2.13. The van der Waals surface area contributed by atoms with Crippen molar-refractivity contribution in [3.05, 3.63) is 10.7 Å². The number of nitrogens with zero attached hydrogens (tertiary/aromatic N) is 2. The van der Waals surface area contributed by atoms with Gasteiger partial charge < -0.3 is 11.1 Å². The summed E-state index contributed by atoms with van der Waals surface area (Å²) in [6, 6.07) is 2.18. The van der Waals surface area contributed by atoms with E-state index in [0.717, 1.165) is 9.85 Å². The summed E-state index contributed by atoms with van der Waals surface area (Å²) in [7, 11) is 0. The Morgan fingerprint density at radius 3 is 3.06 bits per heavy atom. The molecule has 1 heterocycles. The number of nitrogen functional groups attached to an aromatic ring is 1. The summed E-state index contributed by atoms with van der Waals surface area (Å²) in [6.07, 6.45) is 3.65. The van der Waals surface area contributed by atoms with Crippen molar-refractivity contribution in [3.8, 4) is 0 Å². The molecule has 6 heteroatoms. The summed E-state index contributed by atoms with van der Waals surface area (Å²) < 4.78 is 0.727. The zero-order chi connectivity index (χ0) is 12.3. The van der Waals surface area contributed by atoms with E-state index in [0.29, 0.717) is 17.8 Å². The molecule has 0 spiro atoms. The van der Waals surface area contributed by atoms with E-state index in [1.165, 1.54) is 25.0 Å². The van der Waals surface area contributed by atoms with Gasteiger partial charge in [0.1, 0.15) is 10.4 Å². The van der Waals surface area contributed by atoms with Gasteiger partial charge in [0, 0.05) is 17.4 Å². The Bertz CT molecular complexity index is 367. The molecule has 1 aliphatic carbocycles. The van der Waals surface area contributed by atoms with Crippen molar-refractivity contribution in [2.75, 3.05) is 16.8 Å². The highest BCUT2D eigenvalue weighted by Gasteiger charge is 2.24. The van der Waals surface area contributed by atoms with Gasteiger partial charge in [-0.05, 0) is 40.9 Å². The van der Waals surface area contributed by atoms with Crippen LogP contribution in [0.3, 0.4) is 0 Å². The lowest BCUT2D eigenvalue weighted by atomic mass is 10.2. The number of aromatic nitrogens is 2. The Kier molecular flexibility index (Phi) is 4.50. The number of nitrogens with one attached hydrogen (secondary N) is 1. The Morgan fingerprint density at radius 1 is 1.53 bits per heavy atom. The fourth-order valence-corrected chi connectivity index (χ4v) is 3.69. The summed E-state index contributed by atoms with van der Waals surface area (Å²) in [4.78, 5) is 8.46. The Hall–Kier alpha value is -0.490. The van der Waals surface area contributed by atoms with Gasteiger partial charge >= 0.3 is 0 Å². The van der Waals surface area contributed by atoms with Crippen LogP contribution in [0.2, 0.25) is 0 Å². The van der Waals surface area contributed by atoms with Gasteiger partial charge in [0.05, 0.1) is 0 Å². The molecule has 0 saturated heterocycles. The van der Waals surface area contributed by atoms with Gasteiger partial charge in [-0.1, -0.05) is 6.92 Å². The smallest absolute Gasteiger partial charge is 0.225 e. The van der Waals surface area contributed by atoms with Crippen LogP contribution in [0.15, 0.2) is 10.7 Å². The van der Waals surface area contributed by atoms with Crippen molar-refractivity contribution in [1.29, 1.82) is 0 Å². The van der Waals surface area contributed by atoms with E-state index < -0.39 is 0 Å². The van der Waals surface area contributed by atoms with E-state index in [1.807, 2.05) is 11.8 Å². The molecule has 0 aromatic carbocycles. The minimum atomic E-state index is 0.479. The van der Waals surface area contributed by atoms with Gasteiger partial charge in [0.15, 0.2) is 0 Å². The second-order valence-electron chi connectivity index (χ2n) is 4.17. The van der Waals surface area contributed by atoms with Gasteiger partial charge in [-0.25, -0.2) is 4.98 Å². The molecular weight excluding hydrogens is 300 g/mol. The first-order chi connectivity index (χ1) is 8.17. The molecule has 1 fully saturated rings. The molecule has 1 aromatic heterocycles. The highest BCUT2D eigenvalue weighted by molar-refractivity contribution is 9.10. The van der Waals surface area contributed by atoms with Crippen molar-refractivity contribution in [1.82, 2.24) is 9.97 Å². The molecule has 2 unspecified atom stereocenters. The molecule has 3 N–H and O–H groups in total. The van der Waals surface area contributed by atoms with Crippen molar-refractivity contribution in [2.45, 2.75) is 37.5 Å². The molecule has 2 rings (SSSR count). The summed E-state index contributed by atoms with van der Waals surface area (Å²) in [5.74, 6) is 2.31. The Morgan fingerprint density at radius 2 is 2.35 bits per heavy atom. The molecule has 0 amide bonds. The molecule has 17 heavy (non-hydrogen) atoms. The monoisotopic (exact) mass is 316 g/mol. The highest BCUT2D eigenvalue weighted by atomic mass is 79.9. The number of anilines is 2. The largest absolute Gasteiger partial charge is 0.383 e. The van der Waals surface area contributed by atoms with E-state index in [9.17, 15) is 0 Å². The molecule has 0 radical (unpaired) electrons. The second-order valence-corrected chi connectivity index (χ2v) is 6.56. The summed E-state index contributed by atoms with van der Waals surface area (Å²) in [5, 5.41) is 4.14. The van der Waals surface area contributed by atoms with Crippen LogP contribution in [0.4, 0.5) is 11.8 Å². The van der Waals surface area contributed by atoms with Crippen molar-refractivity contribution in [2.24, 2.45) is 0 Å². The van der Waals surface area contributed by atoms with E-state index in [-0.39, 0.29) is 0 Å². The lowest BCUT2D eigenvalue weighted by molar-refractivity contribution is 0.745. The molecule has 0 aliphatic heterocycles. The minimum Gasteiger partial charge on any atom is -0.383 e. The van der Waals surface area contributed by atoms with Crippen LogP contribution >= 0.6 is 27.7 Å². The zero-order valence-electron chi connectivity index (χ0n) is 9.82. The maximum atomic E-state index is 5.68. The molecule has 0 bridgehead atoms. The minimum absolute atomic E-state index is 0.479.